The van der Waals surface area contributed by atoms with E-state index in [4.69, 9.17) is 10.2 Å². The number of rotatable bonds is 5. The molecule has 0 spiro atoms. The average Bonchev–Trinajstić information content (AvgIpc) is 3.16. The average molecular weight is 408 g/mol. The van der Waals surface area contributed by atoms with E-state index < -0.39 is 29.4 Å². The highest BCUT2D eigenvalue weighted by Gasteiger charge is 2.29. The van der Waals surface area contributed by atoms with Crippen molar-refractivity contribution in [1.82, 2.24) is 20.1 Å². The third-order valence-corrected chi connectivity index (χ3v) is 4.02. The Balaban J connectivity index is 1.69. The molecule has 8 nitrogen and oxygen atoms in total. The van der Waals surface area contributed by atoms with Gasteiger partial charge in [0.05, 0.1) is 11.8 Å². The number of halogens is 3. The number of carbonyl (C=O) groups is 1. The number of hydrogen-bond donors (Lipinski definition) is 4. The Morgan fingerprint density at radius 2 is 1.93 bits per heavy atom. The second-order valence-corrected chi connectivity index (χ2v) is 6.07. The van der Waals surface area contributed by atoms with Crippen LogP contribution in [0.15, 0.2) is 53.7 Å². The Morgan fingerprint density at radius 3 is 2.48 bits per heavy atom. The summed E-state index contributed by atoms with van der Waals surface area (Å²) < 4.78 is 38.9. The number of amides is 1. The monoisotopic (exact) mass is 408 g/mol. The van der Waals surface area contributed by atoms with E-state index in [-0.39, 0.29) is 23.5 Å². The summed E-state index contributed by atoms with van der Waals surface area (Å²) in [5.41, 5.74) is -1.06. The van der Waals surface area contributed by atoms with Crippen molar-refractivity contribution in [3.05, 3.63) is 81.4 Å². The van der Waals surface area contributed by atoms with Gasteiger partial charge in [-0.25, -0.2) is 4.68 Å². The van der Waals surface area contributed by atoms with Crippen LogP contribution in [-0.2, 0) is 12.7 Å². The minimum absolute atomic E-state index is 0.0604. The molecule has 0 aliphatic carbocycles. The maximum absolute atomic E-state index is 12.6. The van der Waals surface area contributed by atoms with Gasteiger partial charge < -0.3 is 20.5 Å². The molecule has 0 saturated heterocycles. The standard InChI is InChI=1S/C18H15F3N4O4/c19-18(20,21)12-3-1-10(2-4-12)6-23-16(27)13-8-22-15(5-14(13)26)25-9-11(7-24-25)17(28)29/h1-5,7-9,17,28-29H,6H2,(H,22,26)(H,23,27). The zero-order valence-electron chi connectivity index (χ0n) is 14.6. The zero-order chi connectivity index (χ0) is 21.2. The highest BCUT2D eigenvalue weighted by Crippen LogP contribution is 2.29. The second kappa shape index (κ2) is 7.89. The largest absolute Gasteiger partial charge is 0.416 e. The molecule has 0 unspecified atom stereocenters. The van der Waals surface area contributed by atoms with Crippen LogP contribution in [0, 0.1) is 0 Å². The smallest absolute Gasteiger partial charge is 0.364 e. The minimum atomic E-state index is -4.44. The third-order valence-electron chi connectivity index (χ3n) is 4.02. The van der Waals surface area contributed by atoms with Crippen molar-refractivity contribution < 1.29 is 28.2 Å². The number of pyridine rings is 1. The Bertz CT molecular complexity index is 1070. The maximum atomic E-state index is 12.6. The first kappa shape index (κ1) is 20.3. The van der Waals surface area contributed by atoms with E-state index in [0.29, 0.717) is 5.56 Å². The van der Waals surface area contributed by atoms with Crippen LogP contribution in [-0.4, -0.2) is 30.9 Å². The number of aromatic amines is 1. The molecule has 3 aromatic rings. The molecule has 3 rings (SSSR count). The molecule has 0 radical (unpaired) electrons. The van der Waals surface area contributed by atoms with Gasteiger partial charge in [0.1, 0.15) is 11.4 Å². The van der Waals surface area contributed by atoms with Gasteiger partial charge in [0.2, 0.25) is 0 Å². The molecule has 0 aliphatic heterocycles. The van der Waals surface area contributed by atoms with E-state index in [1.165, 1.54) is 29.2 Å². The predicted octanol–water partition coefficient (Wildman–Crippen LogP) is 1.49. The van der Waals surface area contributed by atoms with Gasteiger partial charge in [0.25, 0.3) is 5.91 Å². The van der Waals surface area contributed by atoms with Crippen LogP contribution in [0.3, 0.4) is 0 Å². The van der Waals surface area contributed by atoms with Crippen LogP contribution < -0.4 is 10.7 Å². The van der Waals surface area contributed by atoms with E-state index in [9.17, 15) is 22.8 Å². The van der Waals surface area contributed by atoms with Gasteiger partial charge in [-0.05, 0) is 17.7 Å². The molecule has 11 heteroatoms. The highest BCUT2D eigenvalue weighted by molar-refractivity contribution is 5.93. The molecule has 1 aromatic carbocycles. The first-order valence-electron chi connectivity index (χ1n) is 8.23. The number of aliphatic hydroxyl groups is 2. The first-order valence-corrected chi connectivity index (χ1v) is 8.23. The maximum Gasteiger partial charge on any atom is 0.416 e. The molecule has 0 atom stereocenters. The van der Waals surface area contributed by atoms with Gasteiger partial charge in [-0.3, -0.25) is 9.59 Å². The summed E-state index contributed by atoms with van der Waals surface area (Å²) in [7, 11) is 0. The summed E-state index contributed by atoms with van der Waals surface area (Å²) in [5.74, 6) is -0.508. The fourth-order valence-electron chi connectivity index (χ4n) is 2.46. The van der Waals surface area contributed by atoms with E-state index in [1.807, 2.05) is 0 Å². The Morgan fingerprint density at radius 1 is 1.24 bits per heavy atom. The number of benzene rings is 1. The predicted molar refractivity (Wildman–Crippen MR) is 94.0 cm³/mol. The third kappa shape index (κ3) is 4.70. The number of nitrogens with one attached hydrogen (secondary N) is 2. The second-order valence-electron chi connectivity index (χ2n) is 6.07. The van der Waals surface area contributed by atoms with Crippen LogP contribution in [0.2, 0.25) is 0 Å². The van der Waals surface area contributed by atoms with Gasteiger partial charge in [-0.1, -0.05) is 12.1 Å². The Labute approximate surface area is 161 Å². The van der Waals surface area contributed by atoms with Gasteiger partial charge in [0, 0.05) is 30.6 Å². The molecule has 2 heterocycles. The summed E-state index contributed by atoms with van der Waals surface area (Å²) >= 11 is 0. The molecule has 0 fully saturated rings. The van der Waals surface area contributed by atoms with E-state index in [0.717, 1.165) is 24.4 Å². The summed E-state index contributed by atoms with van der Waals surface area (Å²) in [5, 5.41) is 24.5. The molecule has 4 N–H and O–H groups in total. The van der Waals surface area contributed by atoms with E-state index in [1.54, 1.807) is 0 Å². The summed E-state index contributed by atoms with van der Waals surface area (Å²) in [6, 6.07) is 5.39. The number of carbonyl (C=O) groups excluding carboxylic acids is 1. The molecule has 0 aliphatic rings. The summed E-state index contributed by atoms with van der Waals surface area (Å²) in [6.45, 7) is -0.0604. The van der Waals surface area contributed by atoms with Crippen LogP contribution in [0.4, 0.5) is 13.2 Å². The van der Waals surface area contributed by atoms with Crippen LogP contribution in [0.5, 0.6) is 0 Å². The Kier molecular flexibility index (Phi) is 5.52. The molecule has 29 heavy (non-hydrogen) atoms. The molecule has 152 valence electrons. The fraction of sp³-hybridized carbons (Fsp3) is 0.167. The number of H-pyrrole nitrogens is 1. The fourth-order valence-corrected chi connectivity index (χ4v) is 2.46. The molecule has 0 bridgehead atoms. The highest BCUT2D eigenvalue weighted by atomic mass is 19.4. The summed E-state index contributed by atoms with van der Waals surface area (Å²) in [6.07, 6.45) is -2.50. The van der Waals surface area contributed by atoms with Crippen LogP contribution in [0.25, 0.3) is 5.82 Å². The van der Waals surface area contributed by atoms with Gasteiger partial charge in [-0.15, -0.1) is 0 Å². The van der Waals surface area contributed by atoms with Gasteiger partial charge >= 0.3 is 6.18 Å². The summed E-state index contributed by atoms with van der Waals surface area (Å²) in [4.78, 5) is 27.1. The number of aliphatic hydroxyl groups excluding tert-OH is 1. The van der Waals surface area contributed by atoms with E-state index >= 15 is 0 Å². The SMILES string of the molecule is O=C(NCc1ccc(C(F)(F)F)cc1)c1c[nH]c(-n2cc(C(O)O)cn2)cc1=O. The Hall–Kier alpha value is -3.44. The zero-order valence-corrected chi connectivity index (χ0v) is 14.6. The van der Waals surface area contributed by atoms with Crippen molar-refractivity contribution in [2.75, 3.05) is 0 Å². The lowest BCUT2D eigenvalue weighted by atomic mass is 10.1. The van der Waals surface area contributed by atoms with Crippen LogP contribution in [0.1, 0.15) is 33.3 Å². The number of alkyl halides is 3. The van der Waals surface area contributed by atoms with Crippen molar-refractivity contribution in [3.63, 3.8) is 0 Å². The van der Waals surface area contributed by atoms with Crippen molar-refractivity contribution in [2.24, 2.45) is 0 Å². The molecule has 2 aromatic heterocycles. The lowest BCUT2D eigenvalue weighted by Gasteiger charge is -2.09. The molecule has 0 saturated carbocycles. The molecular weight excluding hydrogens is 393 g/mol. The van der Waals surface area contributed by atoms with Crippen molar-refractivity contribution in [2.45, 2.75) is 19.0 Å². The topological polar surface area (TPSA) is 120 Å². The van der Waals surface area contributed by atoms with Crippen molar-refractivity contribution in [1.29, 1.82) is 0 Å². The van der Waals surface area contributed by atoms with E-state index in [2.05, 4.69) is 15.4 Å². The molecule has 1 amide bonds. The van der Waals surface area contributed by atoms with Crippen molar-refractivity contribution in [3.8, 4) is 5.82 Å². The van der Waals surface area contributed by atoms with Crippen LogP contribution >= 0.6 is 0 Å². The first-order chi connectivity index (χ1) is 13.6. The normalized spacial score (nSPS) is 11.7. The quantitative estimate of drug-likeness (QED) is 0.477. The number of nitrogens with zero attached hydrogens (tertiary/aromatic N) is 2. The minimum Gasteiger partial charge on any atom is -0.364 e. The molecular formula is C18H15F3N4O4. The lowest BCUT2D eigenvalue weighted by molar-refractivity contribution is -0.137. The van der Waals surface area contributed by atoms with Gasteiger partial charge in [0.15, 0.2) is 11.7 Å². The number of aromatic nitrogens is 3. The lowest BCUT2D eigenvalue weighted by Crippen LogP contribution is -2.28. The van der Waals surface area contributed by atoms with Gasteiger partial charge in [-0.2, -0.15) is 18.3 Å². The number of hydrogen-bond acceptors (Lipinski definition) is 5. The van der Waals surface area contributed by atoms with Crippen molar-refractivity contribution >= 4 is 5.91 Å².